The van der Waals surface area contributed by atoms with Gasteiger partial charge in [0.2, 0.25) is 0 Å². The molecule has 1 heterocycles. The average molecular weight is 252 g/mol. The van der Waals surface area contributed by atoms with Crippen molar-refractivity contribution in [3.05, 3.63) is 0 Å². The summed E-state index contributed by atoms with van der Waals surface area (Å²) in [5.74, 6) is 1.91. The maximum absolute atomic E-state index is 3.80. The second-order valence-electron chi connectivity index (χ2n) is 6.79. The molecule has 0 spiro atoms. The van der Waals surface area contributed by atoms with Crippen molar-refractivity contribution in [2.45, 2.75) is 64.8 Å². The van der Waals surface area contributed by atoms with Crippen LogP contribution in [0.25, 0.3) is 0 Å². The lowest BCUT2D eigenvalue weighted by Gasteiger charge is -2.30. The largest absolute Gasteiger partial charge is 0.313 e. The summed E-state index contributed by atoms with van der Waals surface area (Å²) in [6.45, 7) is 9.92. The van der Waals surface area contributed by atoms with E-state index in [0.717, 1.165) is 17.9 Å². The minimum atomic E-state index is 0.804. The number of nitrogens with zero attached hydrogens (tertiary/aromatic N) is 1. The van der Waals surface area contributed by atoms with Crippen LogP contribution in [0.3, 0.4) is 0 Å². The van der Waals surface area contributed by atoms with Gasteiger partial charge in [0.25, 0.3) is 0 Å². The molecule has 2 unspecified atom stereocenters. The van der Waals surface area contributed by atoms with Gasteiger partial charge >= 0.3 is 0 Å². The number of hydrogen-bond donors (Lipinski definition) is 1. The normalized spacial score (nSPS) is 32.3. The predicted molar refractivity (Wildman–Crippen MR) is 78.9 cm³/mol. The third-order valence-electron chi connectivity index (χ3n) is 4.99. The Balaban J connectivity index is 1.57. The first-order valence-corrected chi connectivity index (χ1v) is 8.20. The van der Waals surface area contributed by atoms with Crippen LogP contribution in [0.5, 0.6) is 0 Å². The van der Waals surface area contributed by atoms with Crippen LogP contribution in [0.15, 0.2) is 0 Å². The highest BCUT2D eigenvalue weighted by atomic mass is 15.1. The van der Waals surface area contributed by atoms with Gasteiger partial charge in [0, 0.05) is 19.1 Å². The number of likely N-dealkylation sites (tertiary alicyclic amines) is 1. The number of nitrogens with one attached hydrogen (secondary N) is 1. The Morgan fingerprint density at radius 3 is 2.39 bits per heavy atom. The van der Waals surface area contributed by atoms with E-state index in [1.54, 1.807) is 0 Å². The summed E-state index contributed by atoms with van der Waals surface area (Å²) in [7, 11) is 0. The first-order chi connectivity index (χ1) is 8.74. The van der Waals surface area contributed by atoms with Crippen molar-refractivity contribution in [2.24, 2.45) is 11.8 Å². The van der Waals surface area contributed by atoms with E-state index in [-0.39, 0.29) is 0 Å². The van der Waals surface area contributed by atoms with E-state index in [4.69, 9.17) is 0 Å². The molecule has 1 N–H and O–H groups in total. The van der Waals surface area contributed by atoms with Crippen LogP contribution >= 0.6 is 0 Å². The minimum absolute atomic E-state index is 0.804. The van der Waals surface area contributed by atoms with Gasteiger partial charge in [0.05, 0.1) is 0 Å². The standard InChI is InChI=1S/C16H32N2/c1-14-4-3-5-16(7-6-14)17-10-13-18-11-8-15(2)9-12-18/h14-17H,3-13H2,1-2H3. The molecule has 2 fully saturated rings. The lowest BCUT2D eigenvalue weighted by molar-refractivity contribution is 0.190. The highest BCUT2D eigenvalue weighted by Crippen LogP contribution is 2.22. The molecule has 0 aromatic heterocycles. The molecule has 0 aromatic rings. The van der Waals surface area contributed by atoms with Gasteiger partial charge in [-0.05, 0) is 57.0 Å². The lowest BCUT2D eigenvalue weighted by Crippen LogP contribution is -2.40. The van der Waals surface area contributed by atoms with Crippen LogP contribution in [-0.2, 0) is 0 Å². The zero-order valence-electron chi connectivity index (χ0n) is 12.5. The van der Waals surface area contributed by atoms with Crippen LogP contribution < -0.4 is 5.32 Å². The fourth-order valence-corrected chi connectivity index (χ4v) is 3.40. The Morgan fingerprint density at radius 1 is 0.889 bits per heavy atom. The maximum Gasteiger partial charge on any atom is 0.0107 e. The van der Waals surface area contributed by atoms with Crippen LogP contribution in [0.2, 0.25) is 0 Å². The molecule has 106 valence electrons. The molecular formula is C16H32N2. The van der Waals surface area contributed by atoms with Crippen LogP contribution in [0.4, 0.5) is 0 Å². The van der Waals surface area contributed by atoms with Crippen molar-refractivity contribution in [2.75, 3.05) is 26.2 Å². The summed E-state index contributed by atoms with van der Waals surface area (Å²) in [4.78, 5) is 2.65. The van der Waals surface area contributed by atoms with Crippen molar-refractivity contribution >= 4 is 0 Å². The summed E-state index contributed by atoms with van der Waals surface area (Å²) >= 11 is 0. The van der Waals surface area contributed by atoms with Gasteiger partial charge in [-0.1, -0.05) is 26.7 Å². The summed E-state index contributed by atoms with van der Waals surface area (Å²) in [5, 5.41) is 3.80. The number of piperidine rings is 1. The molecule has 1 aliphatic heterocycles. The molecule has 18 heavy (non-hydrogen) atoms. The van der Waals surface area contributed by atoms with Crippen molar-refractivity contribution in [1.82, 2.24) is 10.2 Å². The highest BCUT2D eigenvalue weighted by Gasteiger charge is 2.17. The van der Waals surface area contributed by atoms with E-state index >= 15 is 0 Å². The van der Waals surface area contributed by atoms with Crippen molar-refractivity contribution in [3.63, 3.8) is 0 Å². The molecule has 2 aliphatic rings. The molecule has 1 saturated heterocycles. The Morgan fingerprint density at radius 2 is 1.61 bits per heavy atom. The molecule has 2 atom stereocenters. The SMILES string of the molecule is CC1CCCC(NCCN2CCC(C)CC2)CC1. The molecular weight excluding hydrogens is 220 g/mol. The molecule has 0 aromatic carbocycles. The third kappa shape index (κ3) is 4.89. The topological polar surface area (TPSA) is 15.3 Å². The fraction of sp³-hybridized carbons (Fsp3) is 1.00. The summed E-state index contributed by atoms with van der Waals surface area (Å²) in [5.41, 5.74) is 0. The second kappa shape index (κ2) is 7.49. The van der Waals surface area contributed by atoms with Gasteiger partial charge in [-0.25, -0.2) is 0 Å². The average Bonchev–Trinajstić information content (AvgIpc) is 2.57. The molecule has 1 saturated carbocycles. The van der Waals surface area contributed by atoms with Gasteiger partial charge in [0.1, 0.15) is 0 Å². The van der Waals surface area contributed by atoms with Gasteiger partial charge < -0.3 is 10.2 Å². The summed E-state index contributed by atoms with van der Waals surface area (Å²) < 4.78 is 0. The van der Waals surface area contributed by atoms with E-state index in [2.05, 4.69) is 24.1 Å². The maximum atomic E-state index is 3.80. The van der Waals surface area contributed by atoms with Crippen LogP contribution in [0.1, 0.15) is 58.8 Å². The van der Waals surface area contributed by atoms with E-state index < -0.39 is 0 Å². The third-order valence-corrected chi connectivity index (χ3v) is 4.99. The minimum Gasteiger partial charge on any atom is -0.313 e. The first-order valence-electron chi connectivity index (χ1n) is 8.20. The quantitative estimate of drug-likeness (QED) is 0.773. The van der Waals surface area contributed by atoms with Crippen LogP contribution in [0, 0.1) is 11.8 Å². The molecule has 0 radical (unpaired) electrons. The Kier molecular flexibility index (Phi) is 5.97. The predicted octanol–water partition coefficient (Wildman–Crippen LogP) is 3.28. The van der Waals surface area contributed by atoms with Gasteiger partial charge in [-0.2, -0.15) is 0 Å². The zero-order chi connectivity index (χ0) is 12.8. The number of hydrogen-bond acceptors (Lipinski definition) is 2. The molecule has 0 bridgehead atoms. The monoisotopic (exact) mass is 252 g/mol. The lowest BCUT2D eigenvalue weighted by atomic mass is 9.99. The Labute approximate surface area is 114 Å². The van der Waals surface area contributed by atoms with Gasteiger partial charge in [-0.3, -0.25) is 0 Å². The Hall–Kier alpha value is -0.0800. The first kappa shape index (κ1) is 14.3. The summed E-state index contributed by atoms with van der Waals surface area (Å²) in [6.07, 6.45) is 9.92. The smallest absolute Gasteiger partial charge is 0.0107 e. The van der Waals surface area contributed by atoms with E-state index in [0.29, 0.717) is 0 Å². The van der Waals surface area contributed by atoms with Crippen molar-refractivity contribution in [3.8, 4) is 0 Å². The highest BCUT2D eigenvalue weighted by molar-refractivity contribution is 4.75. The zero-order valence-corrected chi connectivity index (χ0v) is 12.5. The fourth-order valence-electron chi connectivity index (χ4n) is 3.40. The Bertz CT molecular complexity index is 221. The van der Waals surface area contributed by atoms with Crippen LogP contribution in [-0.4, -0.2) is 37.1 Å². The second-order valence-corrected chi connectivity index (χ2v) is 6.79. The van der Waals surface area contributed by atoms with Crippen molar-refractivity contribution < 1.29 is 0 Å². The van der Waals surface area contributed by atoms with E-state index in [9.17, 15) is 0 Å². The molecule has 2 heteroatoms. The van der Waals surface area contributed by atoms with Crippen molar-refractivity contribution in [1.29, 1.82) is 0 Å². The van der Waals surface area contributed by atoms with E-state index in [1.807, 2.05) is 0 Å². The van der Waals surface area contributed by atoms with Gasteiger partial charge in [-0.15, -0.1) is 0 Å². The molecule has 1 aliphatic carbocycles. The number of rotatable bonds is 4. The van der Waals surface area contributed by atoms with Gasteiger partial charge in [0.15, 0.2) is 0 Å². The summed E-state index contributed by atoms with van der Waals surface area (Å²) in [6, 6.07) is 0.804. The molecule has 0 amide bonds. The molecule has 2 rings (SSSR count). The molecule has 2 nitrogen and oxygen atoms in total. The van der Waals surface area contributed by atoms with E-state index in [1.165, 1.54) is 71.1 Å².